The van der Waals surface area contributed by atoms with Gasteiger partial charge in [0.15, 0.2) is 0 Å². The molecule has 0 saturated carbocycles. The van der Waals surface area contributed by atoms with Gasteiger partial charge in [-0.2, -0.15) is 0 Å². The van der Waals surface area contributed by atoms with Crippen LogP contribution in [0.1, 0.15) is 47.3 Å². The predicted molar refractivity (Wildman–Crippen MR) is 134 cm³/mol. The third kappa shape index (κ3) is 5.98. The van der Waals surface area contributed by atoms with E-state index in [1.54, 1.807) is 0 Å². The van der Waals surface area contributed by atoms with Crippen LogP contribution in [0.5, 0.6) is 11.5 Å². The second-order valence-electron chi connectivity index (χ2n) is 8.89. The molecule has 0 aromatic heterocycles. The van der Waals surface area contributed by atoms with E-state index in [1.807, 2.05) is 37.7 Å². The van der Waals surface area contributed by atoms with Crippen LogP contribution in [0.3, 0.4) is 0 Å². The van der Waals surface area contributed by atoms with Gasteiger partial charge in [0, 0.05) is 17.6 Å². The SMILES string of the molecule is CC(=O)O.Cc1cc(OC(F)(F)F)cc(C)c1-c1cccc2c1CCC2Oc1ccc2c(c1)SCC2. The summed E-state index contributed by atoms with van der Waals surface area (Å²) >= 11 is 1.87. The van der Waals surface area contributed by atoms with Gasteiger partial charge in [0.05, 0.1) is 0 Å². The normalized spacial score (nSPS) is 16.0. The van der Waals surface area contributed by atoms with Gasteiger partial charge in [0.2, 0.25) is 0 Å². The highest BCUT2D eigenvalue weighted by atomic mass is 32.2. The molecule has 36 heavy (non-hydrogen) atoms. The molecule has 5 rings (SSSR count). The molecule has 1 heterocycles. The Hall–Kier alpha value is -3.13. The molecule has 1 aliphatic heterocycles. The number of aryl methyl sites for hydroxylation is 3. The summed E-state index contributed by atoms with van der Waals surface area (Å²) in [5.41, 5.74) is 7.31. The van der Waals surface area contributed by atoms with Gasteiger partial charge in [-0.05, 0) is 96.3 Å². The van der Waals surface area contributed by atoms with Crippen molar-refractivity contribution >= 4 is 17.7 Å². The van der Waals surface area contributed by atoms with Gasteiger partial charge < -0.3 is 14.6 Å². The van der Waals surface area contributed by atoms with Gasteiger partial charge in [-0.1, -0.05) is 24.3 Å². The van der Waals surface area contributed by atoms with Crippen LogP contribution in [0, 0.1) is 13.8 Å². The Morgan fingerprint density at radius 2 is 1.72 bits per heavy atom. The number of ether oxygens (including phenoxy) is 2. The van der Waals surface area contributed by atoms with Crippen LogP contribution in [0.2, 0.25) is 0 Å². The summed E-state index contributed by atoms with van der Waals surface area (Å²) in [4.78, 5) is 10.3. The van der Waals surface area contributed by atoms with Crippen molar-refractivity contribution in [3.05, 3.63) is 76.3 Å². The Balaban J connectivity index is 0.000000709. The molecule has 3 aromatic rings. The van der Waals surface area contributed by atoms with E-state index in [0.717, 1.165) is 65.5 Å². The first-order valence-electron chi connectivity index (χ1n) is 11.6. The Morgan fingerprint density at radius 1 is 1.03 bits per heavy atom. The minimum atomic E-state index is -4.70. The summed E-state index contributed by atoms with van der Waals surface area (Å²) in [7, 11) is 0. The predicted octanol–water partition coefficient (Wildman–Crippen LogP) is 7.67. The number of halogens is 3. The number of aliphatic carboxylic acids is 1. The van der Waals surface area contributed by atoms with Crippen molar-refractivity contribution in [2.75, 3.05) is 5.75 Å². The number of carboxylic acid groups (broad SMARTS) is 1. The number of carboxylic acids is 1. The largest absolute Gasteiger partial charge is 0.573 e. The van der Waals surface area contributed by atoms with E-state index in [2.05, 4.69) is 29.0 Å². The van der Waals surface area contributed by atoms with Gasteiger partial charge in [-0.25, -0.2) is 0 Å². The molecule has 4 nitrogen and oxygen atoms in total. The number of benzene rings is 3. The number of rotatable bonds is 4. The summed E-state index contributed by atoms with van der Waals surface area (Å²) < 4.78 is 48.5. The molecule has 3 aromatic carbocycles. The van der Waals surface area contributed by atoms with E-state index in [0.29, 0.717) is 0 Å². The molecule has 0 amide bonds. The molecule has 0 saturated heterocycles. The van der Waals surface area contributed by atoms with Crippen molar-refractivity contribution in [1.82, 2.24) is 0 Å². The standard InChI is InChI=1S/C26H23F3O2S.C2H4O2/c1-15-12-19(31-26(27,28)29)13-16(2)25(15)22-5-3-4-21-20(22)8-9-23(21)30-18-7-6-17-10-11-32-24(17)14-18;1-2(3)4/h3-7,12-14,23H,8-11H2,1-2H3;1H3,(H,3,4). The van der Waals surface area contributed by atoms with Gasteiger partial charge in [-0.3, -0.25) is 4.79 Å². The summed E-state index contributed by atoms with van der Waals surface area (Å²) in [6, 6.07) is 15.4. The third-order valence-corrected chi connectivity index (χ3v) is 7.27. The molecule has 1 atom stereocenters. The Bertz CT molecular complexity index is 1260. The fourth-order valence-electron chi connectivity index (χ4n) is 4.90. The first kappa shape index (κ1) is 25.9. The van der Waals surface area contributed by atoms with E-state index in [9.17, 15) is 13.2 Å². The molecule has 8 heteroatoms. The summed E-state index contributed by atoms with van der Waals surface area (Å²) in [6.07, 6.45) is -1.86. The fraction of sp³-hybridized carbons (Fsp3) is 0.321. The molecular formula is C28H27F3O4S. The summed E-state index contributed by atoms with van der Waals surface area (Å²) in [5.74, 6) is 1.00. The van der Waals surface area contributed by atoms with Crippen LogP contribution in [0.4, 0.5) is 13.2 Å². The van der Waals surface area contributed by atoms with Crippen LogP contribution in [-0.4, -0.2) is 23.2 Å². The average molecular weight is 517 g/mol. The number of carbonyl (C=O) groups is 1. The lowest BCUT2D eigenvalue weighted by molar-refractivity contribution is -0.274. The van der Waals surface area contributed by atoms with Crippen LogP contribution in [0.25, 0.3) is 11.1 Å². The first-order chi connectivity index (χ1) is 17.0. The number of fused-ring (bicyclic) bond motifs is 2. The van der Waals surface area contributed by atoms with E-state index >= 15 is 0 Å². The Kier molecular flexibility index (Phi) is 7.54. The zero-order chi connectivity index (χ0) is 26.0. The second-order valence-corrected chi connectivity index (χ2v) is 10.0. The maximum Gasteiger partial charge on any atom is 0.573 e. The number of alkyl halides is 3. The lowest BCUT2D eigenvalue weighted by Gasteiger charge is -2.19. The molecule has 190 valence electrons. The van der Waals surface area contributed by atoms with Crippen molar-refractivity contribution in [3.63, 3.8) is 0 Å². The molecule has 0 fully saturated rings. The molecule has 1 unspecified atom stereocenters. The molecule has 0 radical (unpaired) electrons. The minimum Gasteiger partial charge on any atom is -0.486 e. The quantitative estimate of drug-likeness (QED) is 0.386. The fourth-order valence-corrected chi connectivity index (χ4v) is 6.00. The molecule has 2 aliphatic rings. The van der Waals surface area contributed by atoms with Gasteiger partial charge in [0.1, 0.15) is 17.6 Å². The van der Waals surface area contributed by atoms with E-state index in [4.69, 9.17) is 14.6 Å². The number of hydrogen-bond donors (Lipinski definition) is 1. The van der Waals surface area contributed by atoms with Crippen LogP contribution in [-0.2, 0) is 17.6 Å². The maximum absolute atomic E-state index is 12.7. The second kappa shape index (κ2) is 10.5. The van der Waals surface area contributed by atoms with Crippen LogP contribution < -0.4 is 9.47 Å². The highest BCUT2D eigenvalue weighted by Crippen LogP contribution is 2.43. The smallest absolute Gasteiger partial charge is 0.486 e. The average Bonchev–Trinajstić information content (AvgIpc) is 3.39. The topological polar surface area (TPSA) is 55.8 Å². The Morgan fingerprint density at radius 3 is 2.39 bits per heavy atom. The zero-order valence-corrected chi connectivity index (χ0v) is 21.1. The van der Waals surface area contributed by atoms with Gasteiger partial charge in [0.25, 0.3) is 5.97 Å². The van der Waals surface area contributed by atoms with Gasteiger partial charge >= 0.3 is 6.36 Å². The maximum atomic E-state index is 12.7. The lowest BCUT2D eigenvalue weighted by atomic mass is 9.90. The Labute approximate surface area is 212 Å². The van der Waals surface area contributed by atoms with Gasteiger partial charge in [-0.15, -0.1) is 24.9 Å². The highest BCUT2D eigenvalue weighted by Gasteiger charge is 2.32. The van der Waals surface area contributed by atoms with Crippen LogP contribution >= 0.6 is 11.8 Å². The van der Waals surface area contributed by atoms with E-state index in [1.165, 1.54) is 28.2 Å². The molecule has 1 aliphatic carbocycles. The van der Waals surface area contributed by atoms with Crippen LogP contribution in [0.15, 0.2) is 53.4 Å². The van der Waals surface area contributed by atoms with Crippen molar-refractivity contribution in [2.45, 2.75) is 57.4 Å². The van der Waals surface area contributed by atoms with E-state index in [-0.39, 0.29) is 11.9 Å². The highest BCUT2D eigenvalue weighted by molar-refractivity contribution is 7.99. The van der Waals surface area contributed by atoms with Crippen molar-refractivity contribution in [3.8, 4) is 22.6 Å². The number of thioether (sulfide) groups is 1. The molecule has 1 N–H and O–H groups in total. The van der Waals surface area contributed by atoms with Crippen molar-refractivity contribution < 1.29 is 32.5 Å². The third-order valence-electron chi connectivity index (χ3n) is 6.17. The summed E-state index contributed by atoms with van der Waals surface area (Å²) in [5, 5.41) is 7.42. The van der Waals surface area contributed by atoms with E-state index < -0.39 is 12.3 Å². The molecule has 0 bridgehead atoms. The van der Waals surface area contributed by atoms with Crippen molar-refractivity contribution in [2.24, 2.45) is 0 Å². The molecule has 0 spiro atoms. The number of hydrogen-bond acceptors (Lipinski definition) is 4. The first-order valence-corrected chi connectivity index (χ1v) is 12.6. The minimum absolute atomic E-state index is 0.0251. The molecular weight excluding hydrogens is 489 g/mol. The summed E-state index contributed by atoms with van der Waals surface area (Å²) in [6.45, 7) is 4.74. The zero-order valence-electron chi connectivity index (χ0n) is 20.2. The lowest BCUT2D eigenvalue weighted by Crippen LogP contribution is -2.17. The van der Waals surface area contributed by atoms with Crippen molar-refractivity contribution in [1.29, 1.82) is 0 Å². The monoisotopic (exact) mass is 516 g/mol.